The largest absolute Gasteiger partial charge is 0.465 e. The van der Waals surface area contributed by atoms with Crippen LogP contribution in [0.2, 0.25) is 0 Å². The lowest BCUT2D eigenvalue weighted by atomic mass is 10.0. The maximum absolute atomic E-state index is 13.0. The molecule has 30 heavy (non-hydrogen) atoms. The molecule has 6 heteroatoms. The number of carbonyl (C=O) groups excluding carboxylic acids is 2. The Hall–Kier alpha value is -3.77. The predicted octanol–water partition coefficient (Wildman–Crippen LogP) is 5.23. The van der Waals surface area contributed by atoms with Crippen LogP contribution >= 0.6 is 11.3 Å². The van der Waals surface area contributed by atoms with Gasteiger partial charge in [0.15, 0.2) is 0 Å². The van der Waals surface area contributed by atoms with Crippen molar-refractivity contribution in [2.75, 3.05) is 7.11 Å². The number of thiophene rings is 1. The van der Waals surface area contributed by atoms with Crippen LogP contribution in [0.25, 0.3) is 27.5 Å². The number of hydrogen-bond acceptors (Lipinski definition) is 5. The van der Waals surface area contributed by atoms with Gasteiger partial charge in [-0.15, -0.1) is 11.3 Å². The minimum Gasteiger partial charge on any atom is -0.465 e. The molecule has 0 fully saturated rings. The fraction of sp³-hybridized carbons (Fsp3) is 0.0417. The summed E-state index contributed by atoms with van der Waals surface area (Å²) in [7, 11) is 1.33. The van der Waals surface area contributed by atoms with Crippen LogP contribution in [-0.2, 0) is 4.74 Å². The van der Waals surface area contributed by atoms with Crippen molar-refractivity contribution in [2.45, 2.75) is 0 Å². The van der Waals surface area contributed by atoms with Crippen molar-refractivity contribution < 1.29 is 14.3 Å². The van der Waals surface area contributed by atoms with Crippen LogP contribution < -0.4 is 0 Å². The van der Waals surface area contributed by atoms with Gasteiger partial charge in [-0.05, 0) is 40.4 Å². The first-order valence-electron chi connectivity index (χ1n) is 9.32. The van der Waals surface area contributed by atoms with E-state index in [2.05, 4.69) is 17.1 Å². The quantitative estimate of drug-likeness (QED) is 0.299. The molecule has 3 aromatic heterocycles. The molecule has 0 saturated carbocycles. The molecule has 0 radical (unpaired) electrons. The molecule has 5 nitrogen and oxygen atoms in total. The van der Waals surface area contributed by atoms with Crippen LogP contribution in [-0.4, -0.2) is 28.2 Å². The Labute approximate surface area is 176 Å². The molecule has 0 bridgehead atoms. The highest BCUT2D eigenvalue weighted by Gasteiger charge is 2.22. The van der Waals surface area contributed by atoms with E-state index in [-0.39, 0.29) is 5.78 Å². The van der Waals surface area contributed by atoms with Crippen LogP contribution in [0, 0.1) is 0 Å². The second-order valence-corrected chi connectivity index (χ2v) is 7.78. The maximum Gasteiger partial charge on any atom is 0.340 e. The number of ether oxygens (including phenoxy) is 1. The Morgan fingerprint density at radius 1 is 0.967 bits per heavy atom. The topological polar surface area (TPSA) is 60.7 Å². The number of hydrogen-bond donors (Lipinski definition) is 0. The lowest BCUT2D eigenvalue weighted by Crippen LogP contribution is -2.04. The Morgan fingerprint density at radius 2 is 1.80 bits per heavy atom. The normalized spacial score (nSPS) is 11.1. The number of rotatable bonds is 4. The van der Waals surface area contributed by atoms with E-state index < -0.39 is 5.97 Å². The van der Waals surface area contributed by atoms with Gasteiger partial charge in [0.2, 0.25) is 5.78 Å². The van der Waals surface area contributed by atoms with Gasteiger partial charge in [-0.1, -0.05) is 42.5 Å². The van der Waals surface area contributed by atoms with E-state index in [1.54, 1.807) is 22.9 Å². The Balaban J connectivity index is 1.69. The van der Waals surface area contributed by atoms with E-state index >= 15 is 0 Å². The number of aromatic nitrogens is 2. The fourth-order valence-corrected chi connectivity index (χ4v) is 4.26. The number of fused-ring (bicyclic) bond motifs is 2. The van der Waals surface area contributed by atoms with Crippen molar-refractivity contribution in [1.82, 2.24) is 9.38 Å². The van der Waals surface area contributed by atoms with Gasteiger partial charge in [0.05, 0.1) is 34.5 Å². The number of ketones is 1. The lowest BCUT2D eigenvalue weighted by Gasteiger charge is -2.06. The van der Waals surface area contributed by atoms with E-state index in [4.69, 9.17) is 4.74 Å². The molecule has 5 rings (SSSR count). The average Bonchev–Trinajstić information content (AvgIpc) is 3.46. The number of methoxy groups -OCH3 is 1. The first-order valence-corrected chi connectivity index (χ1v) is 10.2. The number of nitrogens with zero attached hydrogens (tertiary/aromatic N) is 2. The van der Waals surface area contributed by atoms with Crippen molar-refractivity contribution in [3.05, 3.63) is 94.6 Å². The molecule has 0 N–H and O–H groups in total. The predicted molar refractivity (Wildman–Crippen MR) is 117 cm³/mol. The first-order chi connectivity index (χ1) is 14.7. The van der Waals surface area contributed by atoms with Crippen molar-refractivity contribution >= 4 is 39.4 Å². The monoisotopic (exact) mass is 412 g/mol. The summed E-state index contributed by atoms with van der Waals surface area (Å²) in [5.74, 6) is -0.649. The van der Waals surface area contributed by atoms with Gasteiger partial charge in [-0.2, -0.15) is 0 Å². The number of carbonyl (C=O) groups is 2. The summed E-state index contributed by atoms with van der Waals surface area (Å²) >= 11 is 1.36. The van der Waals surface area contributed by atoms with Crippen LogP contribution in [0.15, 0.2) is 78.4 Å². The summed E-state index contributed by atoms with van der Waals surface area (Å²) in [5, 5.41) is 4.10. The van der Waals surface area contributed by atoms with E-state index in [1.807, 2.05) is 47.8 Å². The molecule has 0 saturated heterocycles. The fourth-order valence-electron chi connectivity index (χ4n) is 3.59. The highest BCUT2D eigenvalue weighted by Crippen LogP contribution is 2.27. The van der Waals surface area contributed by atoms with E-state index in [0.29, 0.717) is 27.3 Å². The summed E-state index contributed by atoms with van der Waals surface area (Å²) in [5.41, 5.74) is 2.94. The molecule has 146 valence electrons. The summed E-state index contributed by atoms with van der Waals surface area (Å²) in [6, 6.07) is 21.2. The van der Waals surface area contributed by atoms with Gasteiger partial charge in [0.1, 0.15) is 6.33 Å². The molecule has 0 aliphatic carbocycles. The molecular weight excluding hydrogens is 396 g/mol. The van der Waals surface area contributed by atoms with Crippen LogP contribution in [0.4, 0.5) is 0 Å². The zero-order valence-electron chi connectivity index (χ0n) is 16.0. The second-order valence-electron chi connectivity index (χ2n) is 6.83. The lowest BCUT2D eigenvalue weighted by molar-refractivity contribution is 0.0603. The van der Waals surface area contributed by atoms with E-state index in [1.165, 1.54) is 18.4 Å². The zero-order valence-corrected chi connectivity index (χ0v) is 16.8. The molecule has 0 aliphatic heterocycles. The molecule has 0 amide bonds. The third-order valence-electron chi connectivity index (χ3n) is 5.09. The molecule has 0 aliphatic rings. The number of benzene rings is 2. The third-order valence-corrected chi connectivity index (χ3v) is 5.96. The first kappa shape index (κ1) is 18.3. The van der Waals surface area contributed by atoms with Gasteiger partial charge >= 0.3 is 5.97 Å². The molecule has 3 heterocycles. The van der Waals surface area contributed by atoms with Gasteiger partial charge in [0.25, 0.3) is 0 Å². The molecular formula is C24H16N2O3S. The summed E-state index contributed by atoms with van der Waals surface area (Å²) in [6.45, 7) is 0. The summed E-state index contributed by atoms with van der Waals surface area (Å²) in [6.07, 6.45) is 1.59. The third kappa shape index (κ3) is 2.98. The Bertz CT molecular complexity index is 1420. The smallest absolute Gasteiger partial charge is 0.340 e. The van der Waals surface area contributed by atoms with E-state index in [9.17, 15) is 9.59 Å². The van der Waals surface area contributed by atoms with Crippen LogP contribution in [0.1, 0.15) is 25.7 Å². The Kier molecular flexibility index (Phi) is 4.41. The molecule has 0 atom stereocenters. The summed E-state index contributed by atoms with van der Waals surface area (Å²) < 4.78 is 6.60. The van der Waals surface area contributed by atoms with Crippen molar-refractivity contribution in [3.8, 4) is 11.3 Å². The molecule has 5 aromatic rings. The molecule has 0 spiro atoms. The van der Waals surface area contributed by atoms with Crippen LogP contribution in [0.5, 0.6) is 0 Å². The van der Waals surface area contributed by atoms with Gasteiger partial charge < -0.3 is 4.74 Å². The average molecular weight is 412 g/mol. The minimum atomic E-state index is -0.492. The van der Waals surface area contributed by atoms with Crippen molar-refractivity contribution in [2.24, 2.45) is 0 Å². The van der Waals surface area contributed by atoms with Crippen LogP contribution in [0.3, 0.4) is 0 Å². The number of esters is 1. The van der Waals surface area contributed by atoms with Crippen molar-refractivity contribution in [1.29, 1.82) is 0 Å². The van der Waals surface area contributed by atoms with Crippen molar-refractivity contribution in [3.63, 3.8) is 0 Å². The van der Waals surface area contributed by atoms with Gasteiger partial charge in [0, 0.05) is 5.56 Å². The highest BCUT2D eigenvalue weighted by molar-refractivity contribution is 7.12. The van der Waals surface area contributed by atoms with Gasteiger partial charge in [-0.3, -0.25) is 9.20 Å². The molecule has 0 unspecified atom stereocenters. The molecule has 2 aromatic carbocycles. The van der Waals surface area contributed by atoms with Gasteiger partial charge in [-0.25, -0.2) is 9.78 Å². The van der Waals surface area contributed by atoms with E-state index in [0.717, 1.165) is 16.3 Å². The summed E-state index contributed by atoms with van der Waals surface area (Å²) in [4.78, 5) is 30.5. The maximum atomic E-state index is 13.0. The zero-order chi connectivity index (χ0) is 20.7. The second kappa shape index (κ2) is 7.24. The minimum absolute atomic E-state index is 0.157. The Morgan fingerprint density at radius 3 is 2.57 bits per heavy atom. The standard InChI is InChI=1S/C24H16N2O3S/c1-29-24(28)18-12-21(23(27)22-7-4-10-30-22)26-14-25-19(13-20(18)26)17-9-8-15-5-2-3-6-16(15)11-17/h2-14H,1H3. The highest BCUT2D eigenvalue weighted by atomic mass is 32.1. The SMILES string of the molecule is COC(=O)c1cc(C(=O)c2cccs2)n2cnc(-c3ccc4ccccc4c3)cc12.